The van der Waals surface area contributed by atoms with Crippen molar-refractivity contribution >= 4 is 23.2 Å². The Morgan fingerprint density at radius 3 is 2.65 bits per heavy atom. The summed E-state index contributed by atoms with van der Waals surface area (Å²) in [6.07, 6.45) is 4.76. The van der Waals surface area contributed by atoms with E-state index in [0.717, 1.165) is 16.9 Å². The number of rotatable bonds is 4. The molecule has 0 aliphatic heterocycles. The van der Waals surface area contributed by atoms with Crippen LogP contribution in [0.2, 0.25) is 0 Å². The average molecular weight is 291 g/mol. The van der Waals surface area contributed by atoms with Crippen LogP contribution in [0.5, 0.6) is 0 Å². The zero-order valence-electron chi connectivity index (χ0n) is 11.2. The van der Waals surface area contributed by atoms with Crippen LogP contribution in [0.4, 0.5) is 0 Å². The predicted octanol–water partition coefficient (Wildman–Crippen LogP) is 2.20. The van der Waals surface area contributed by atoms with Crippen molar-refractivity contribution in [1.29, 1.82) is 0 Å². The van der Waals surface area contributed by atoms with Crippen molar-refractivity contribution in [2.24, 2.45) is 23.7 Å². The summed E-state index contributed by atoms with van der Waals surface area (Å²) < 4.78 is 0. The minimum absolute atomic E-state index is 0.0247. The summed E-state index contributed by atoms with van der Waals surface area (Å²) in [6, 6.07) is 2.02. The number of allylic oxidation sites excluding steroid dienone is 2. The van der Waals surface area contributed by atoms with E-state index in [1.165, 1.54) is 0 Å². The molecule has 1 aromatic heterocycles. The average Bonchev–Trinajstić information content (AvgIpc) is 3.10. The molecule has 1 heterocycles. The summed E-state index contributed by atoms with van der Waals surface area (Å²) >= 11 is 1.61. The standard InChI is InChI=1S/C15H17NO3S/c1-8-4-5-20-11(8)7-16-14(17)12-9-2-3-10(6-9)13(12)15(18)19/h2-5,9-10,12-13H,6-7H2,1H3,(H,16,17)(H,18,19). The monoisotopic (exact) mass is 291 g/mol. The van der Waals surface area contributed by atoms with Gasteiger partial charge in [-0.25, -0.2) is 0 Å². The number of carbonyl (C=O) groups excluding carboxylic acids is 1. The van der Waals surface area contributed by atoms with Gasteiger partial charge in [0.05, 0.1) is 18.4 Å². The molecular weight excluding hydrogens is 274 g/mol. The molecule has 2 bridgehead atoms. The second-order valence-electron chi connectivity index (χ2n) is 5.58. The van der Waals surface area contributed by atoms with Gasteiger partial charge in [-0.05, 0) is 42.2 Å². The molecule has 0 aromatic carbocycles. The number of fused-ring (bicyclic) bond motifs is 2. The van der Waals surface area contributed by atoms with Crippen LogP contribution in [0.3, 0.4) is 0 Å². The molecule has 1 aromatic rings. The van der Waals surface area contributed by atoms with Crippen molar-refractivity contribution in [1.82, 2.24) is 5.32 Å². The molecule has 4 unspecified atom stereocenters. The molecule has 0 spiro atoms. The van der Waals surface area contributed by atoms with Crippen LogP contribution >= 0.6 is 11.3 Å². The first kappa shape index (κ1) is 13.4. The van der Waals surface area contributed by atoms with Gasteiger partial charge in [-0.1, -0.05) is 12.2 Å². The third-order valence-corrected chi connectivity index (χ3v) is 5.46. The Morgan fingerprint density at radius 2 is 2.05 bits per heavy atom. The highest BCUT2D eigenvalue weighted by atomic mass is 32.1. The molecule has 0 radical (unpaired) electrons. The normalized spacial score (nSPS) is 30.6. The number of carbonyl (C=O) groups is 2. The van der Waals surface area contributed by atoms with Crippen LogP contribution < -0.4 is 5.32 Å². The van der Waals surface area contributed by atoms with Gasteiger partial charge >= 0.3 is 5.97 Å². The minimum atomic E-state index is -0.852. The van der Waals surface area contributed by atoms with Crippen molar-refractivity contribution in [3.8, 4) is 0 Å². The van der Waals surface area contributed by atoms with Gasteiger partial charge in [0.15, 0.2) is 0 Å². The van der Waals surface area contributed by atoms with Gasteiger partial charge in [-0.15, -0.1) is 11.3 Å². The summed E-state index contributed by atoms with van der Waals surface area (Å²) in [4.78, 5) is 24.9. The fourth-order valence-corrected chi connectivity index (χ4v) is 4.23. The van der Waals surface area contributed by atoms with Gasteiger partial charge in [0, 0.05) is 4.88 Å². The molecule has 1 saturated carbocycles. The highest BCUT2D eigenvalue weighted by Gasteiger charge is 2.51. The molecule has 2 aliphatic rings. The highest BCUT2D eigenvalue weighted by Crippen LogP contribution is 2.48. The Kier molecular flexibility index (Phi) is 3.38. The topological polar surface area (TPSA) is 66.4 Å². The smallest absolute Gasteiger partial charge is 0.307 e. The van der Waals surface area contributed by atoms with Crippen molar-refractivity contribution in [3.05, 3.63) is 34.0 Å². The van der Waals surface area contributed by atoms with Crippen LogP contribution in [-0.4, -0.2) is 17.0 Å². The van der Waals surface area contributed by atoms with Crippen LogP contribution in [0.25, 0.3) is 0 Å². The molecule has 1 amide bonds. The van der Waals surface area contributed by atoms with E-state index in [0.29, 0.717) is 6.54 Å². The molecule has 3 rings (SSSR count). The Bertz CT molecular complexity index is 577. The van der Waals surface area contributed by atoms with Gasteiger partial charge in [-0.2, -0.15) is 0 Å². The van der Waals surface area contributed by atoms with Gasteiger partial charge < -0.3 is 10.4 Å². The molecule has 1 fully saturated rings. The number of carboxylic acids is 1. The van der Waals surface area contributed by atoms with E-state index < -0.39 is 17.8 Å². The van der Waals surface area contributed by atoms with Crippen LogP contribution in [0.15, 0.2) is 23.6 Å². The highest BCUT2D eigenvalue weighted by molar-refractivity contribution is 7.10. The van der Waals surface area contributed by atoms with Gasteiger partial charge in [-0.3, -0.25) is 9.59 Å². The maximum atomic E-state index is 12.4. The first-order valence-electron chi connectivity index (χ1n) is 6.79. The molecule has 106 valence electrons. The third-order valence-electron chi connectivity index (χ3n) is 4.44. The summed E-state index contributed by atoms with van der Waals surface area (Å²) in [5.41, 5.74) is 1.16. The van der Waals surface area contributed by atoms with E-state index in [-0.39, 0.29) is 17.7 Å². The van der Waals surface area contributed by atoms with E-state index >= 15 is 0 Å². The number of nitrogens with one attached hydrogen (secondary N) is 1. The molecule has 2 N–H and O–H groups in total. The molecular formula is C15H17NO3S. The zero-order valence-corrected chi connectivity index (χ0v) is 12.0. The maximum Gasteiger partial charge on any atom is 0.307 e. The maximum absolute atomic E-state index is 12.4. The van der Waals surface area contributed by atoms with E-state index in [1.807, 2.05) is 30.5 Å². The minimum Gasteiger partial charge on any atom is -0.481 e. The fourth-order valence-electron chi connectivity index (χ4n) is 3.39. The number of carboxylic acid groups (broad SMARTS) is 1. The molecule has 20 heavy (non-hydrogen) atoms. The Morgan fingerprint density at radius 1 is 1.35 bits per heavy atom. The second kappa shape index (κ2) is 5.05. The zero-order chi connectivity index (χ0) is 14.3. The second-order valence-corrected chi connectivity index (χ2v) is 6.58. The quantitative estimate of drug-likeness (QED) is 0.836. The lowest BCUT2D eigenvalue weighted by Gasteiger charge is -2.23. The molecule has 5 heteroatoms. The summed E-state index contributed by atoms with van der Waals surface area (Å²) in [6.45, 7) is 2.50. The number of thiophene rings is 1. The fraction of sp³-hybridized carbons (Fsp3) is 0.467. The van der Waals surface area contributed by atoms with Crippen LogP contribution in [0.1, 0.15) is 16.9 Å². The molecule has 4 nitrogen and oxygen atoms in total. The van der Waals surface area contributed by atoms with Crippen molar-refractivity contribution in [2.45, 2.75) is 19.9 Å². The number of aryl methyl sites for hydroxylation is 1. The van der Waals surface area contributed by atoms with Crippen molar-refractivity contribution in [2.75, 3.05) is 0 Å². The van der Waals surface area contributed by atoms with Gasteiger partial charge in [0.1, 0.15) is 0 Å². The Hall–Kier alpha value is -1.62. The van der Waals surface area contributed by atoms with Crippen molar-refractivity contribution in [3.63, 3.8) is 0 Å². The lowest BCUT2D eigenvalue weighted by Crippen LogP contribution is -2.39. The number of aliphatic carboxylic acids is 1. The summed E-state index contributed by atoms with van der Waals surface area (Å²) in [7, 11) is 0. The third kappa shape index (κ3) is 2.16. The lowest BCUT2D eigenvalue weighted by molar-refractivity contribution is -0.147. The molecule has 4 atom stereocenters. The number of amides is 1. The van der Waals surface area contributed by atoms with Gasteiger partial charge in [0.25, 0.3) is 0 Å². The SMILES string of the molecule is Cc1ccsc1CNC(=O)C1C2C=CC(C2)C1C(=O)O. The lowest BCUT2D eigenvalue weighted by atomic mass is 9.82. The number of hydrogen-bond acceptors (Lipinski definition) is 3. The largest absolute Gasteiger partial charge is 0.481 e. The van der Waals surface area contributed by atoms with Crippen LogP contribution in [0, 0.1) is 30.6 Å². The number of hydrogen-bond donors (Lipinski definition) is 2. The molecule has 0 saturated heterocycles. The van der Waals surface area contributed by atoms with Gasteiger partial charge in [0.2, 0.25) is 5.91 Å². The van der Waals surface area contributed by atoms with E-state index in [9.17, 15) is 14.7 Å². The first-order chi connectivity index (χ1) is 9.58. The van der Waals surface area contributed by atoms with Crippen molar-refractivity contribution < 1.29 is 14.7 Å². The Balaban J connectivity index is 1.69. The molecule has 2 aliphatic carbocycles. The first-order valence-corrected chi connectivity index (χ1v) is 7.67. The van der Waals surface area contributed by atoms with E-state index in [4.69, 9.17) is 0 Å². The van der Waals surface area contributed by atoms with E-state index in [2.05, 4.69) is 5.32 Å². The Labute approximate surface area is 121 Å². The van der Waals surface area contributed by atoms with Crippen LogP contribution in [-0.2, 0) is 16.1 Å². The predicted molar refractivity (Wildman–Crippen MR) is 76.3 cm³/mol. The summed E-state index contributed by atoms with van der Waals surface area (Å²) in [5, 5.41) is 14.2. The summed E-state index contributed by atoms with van der Waals surface area (Å²) in [5.74, 6) is -1.84. The van der Waals surface area contributed by atoms with E-state index in [1.54, 1.807) is 11.3 Å².